The van der Waals surface area contributed by atoms with Crippen LogP contribution in [0.15, 0.2) is 35.6 Å². The van der Waals surface area contributed by atoms with E-state index >= 15 is 0 Å². The van der Waals surface area contributed by atoms with E-state index in [0.717, 1.165) is 11.1 Å². The van der Waals surface area contributed by atoms with Crippen LogP contribution in [0.5, 0.6) is 0 Å². The Kier molecular flexibility index (Phi) is 4.28. The Balaban J connectivity index is 2.51. The highest BCUT2D eigenvalue weighted by molar-refractivity contribution is 6.00. The van der Waals surface area contributed by atoms with E-state index in [0.29, 0.717) is 0 Å². The van der Waals surface area contributed by atoms with Gasteiger partial charge in [0.2, 0.25) is 5.76 Å². The lowest BCUT2D eigenvalue weighted by molar-refractivity contribution is -0.152. The third-order valence-corrected chi connectivity index (χ3v) is 3.29. The summed E-state index contributed by atoms with van der Waals surface area (Å²) in [7, 11) is 4.13. The van der Waals surface area contributed by atoms with Crippen LogP contribution in [0.4, 0.5) is 0 Å². The van der Waals surface area contributed by atoms with Crippen LogP contribution in [-0.4, -0.2) is 38.3 Å². The predicted octanol–water partition coefficient (Wildman–Crippen LogP) is 1.51. The summed E-state index contributed by atoms with van der Waals surface area (Å²) in [4.78, 5) is 29.2. The van der Waals surface area contributed by atoms with Crippen LogP contribution in [-0.2, 0) is 23.9 Å². The molecule has 0 spiro atoms. The van der Waals surface area contributed by atoms with Gasteiger partial charge in [0.1, 0.15) is 11.6 Å². The van der Waals surface area contributed by atoms with Crippen molar-refractivity contribution in [1.29, 1.82) is 0 Å². The van der Waals surface area contributed by atoms with E-state index in [-0.39, 0.29) is 11.3 Å². The Morgan fingerprint density at radius 1 is 1.10 bits per heavy atom. The molecule has 1 unspecified atom stereocenters. The molecule has 6 heteroatoms. The molecule has 2 rings (SSSR count). The molecular formula is C15H17NO5. The van der Waals surface area contributed by atoms with Gasteiger partial charge in [-0.05, 0) is 12.5 Å². The normalized spacial score (nSPS) is 18.4. The molecule has 1 aromatic rings. The second-order valence-corrected chi connectivity index (χ2v) is 4.68. The Morgan fingerprint density at radius 2 is 1.67 bits per heavy atom. The monoisotopic (exact) mass is 291 g/mol. The Labute approximate surface area is 122 Å². The topological polar surface area (TPSA) is 65.1 Å². The standard InChI is InChI=1S/C15H17NO5/c1-9-5-7-10(8-6-9)12-11(14(17)19-3)13(15(18)20-4)21-16(12)2/h5-8,12H,1-4H3. The highest BCUT2D eigenvalue weighted by atomic mass is 16.7. The third kappa shape index (κ3) is 2.75. The fourth-order valence-electron chi connectivity index (χ4n) is 2.23. The molecule has 0 aliphatic carbocycles. The molecule has 0 bridgehead atoms. The van der Waals surface area contributed by atoms with Gasteiger partial charge in [0, 0.05) is 7.05 Å². The summed E-state index contributed by atoms with van der Waals surface area (Å²) in [5.41, 5.74) is 2.05. The number of hydrogen-bond donors (Lipinski definition) is 0. The number of aryl methyl sites for hydroxylation is 1. The number of likely N-dealkylation sites (N-methyl/N-ethyl adjacent to an activating group) is 1. The molecule has 0 saturated carbocycles. The van der Waals surface area contributed by atoms with Gasteiger partial charge in [-0.2, -0.15) is 0 Å². The molecule has 1 atom stereocenters. The van der Waals surface area contributed by atoms with Crippen molar-refractivity contribution in [2.24, 2.45) is 0 Å². The van der Waals surface area contributed by atoms with Crippen LogP contribution in [0.3, 0.4) is 0 Å². The van der Waals surface area contributed by atoms with E-state index in [1.807, 2.05) is 31.2 Å². The Bertz CT molecular complexity index is 591. The van der Waals surface area contributed by atoms with Crippen LogP contribution in [0.2, 0.25) is 0 Å². The number of carbonyl (C=O) groups is 2. The third-order valence-electron chi connectivity index (χ3n) is 3.29. The number of methoxy groups -OCH3 is 2. The van der Waals surface area contributed by atoms with E-state index in [1.54, 1.807) is 7.05 Å². The first-order valence-electron chi connectivity index (χ1n) is 6.37. The van der Waals surface area contributed by atoms with Gasteiger partial charge >= 0.3 is 11.9 Å². The summed E-state index contributed by atoms with van der Waals surface area (Å²) >= 11 is 0. The van der Waals surface area contributed by atoms with Gasteiger partial charge in [-0.15, -0.1) is 5.06 Å². The second kappa shape index (κ2) is 5.97. The first-order chi connectivity index (χ1) is 9.99. The van der Waals surface area contributed by atoms with Crippen molar-refractivity contribution in [3.05, 3.63) is 46.7 Å². The summed E-state index contributed by atoms with van der Waals surface area (Å²) in [6.45, 7) is 1.97. The average Bonchev–Trinajstić information content (AvgIpc) is 2.84. The zero-order chi connectivity index (χ0) is 15.6. The van der Waals surface area contributed by atoms with Gasteiger partial charge in [0.25, 0.3) is 0 Å². The number of rotatable bonds is 3. The molecule has 0 aromatic heterocycles. The van der Waals surface area contributed by atoms with E-state index in [4.69, 9.17) is 9.57 Å². The highest BCUT2D eigenvalue weighted by Crippen LogP contribution is 2.38. The molecule has 0 N–H and O–H groups in total. The molecule has 0 fully saturated rings. The molecule has 0 amide bonds. The van der Waals surface area contributed by atoms with Crippen molar-refractivity contribution < 1.29 is 23.9 Å². The Hall–Kier alpha value is -2.34. The number of ether oxygens (including phenoxy) is 2. The molecule has 0 saturated heterocycles. The number of nitrogens with zero attached hydrogens (tertiary/aromatic N) is 1. The minimum absolute atomic E-state index is 0.135. The summed E-state index contributed by atoms with van der Waals surface area (Å²) in [6, 6.07) is 7.08. The van der Waals surface area contributed by atoms with Gasteiger partial charge in [-0.3, -0.25) is 0 Å². The minimum Gasteiger partial charge on any atom is -0.465 e. The molecule has 1 aliphatic heterocycles. The molecule has 21 heavy (non-hydrogen) atoms. The number of esters is 2. The molecule has 1 aliphatic rings. The Morgan fingerprint density at radius 3 is 2.19 bits per heavy atom. The summed E-state index contributed by atoms with van der Waals surface area (Å²) < 4.78 is 9.43. The lowest BCUT2D eigenvalue weighted by atomic mass is 9.97. The number of carbonyl (C=O) groups excluding carboxylic acids is 2. The second-order valence-electron chi connectivity index (χ2n) is 4.68. The smallest absolute Gasteiger partial charge is 0.376 e. The predicted molar refractivity (Wildman–Crippen MR) is 73.8 cm³/mol. The highest BCUT2D eigenvalue weighted by Gasteiger charge is 2.42. The van der Waals surface area contributed by atoms with E-state index < -0.39 is 18.0 Å². The first kappa shape index (κ1) is 15.1. The minimum atomic E-state index is -0.711. The molecule has 6 nitrogen and oxygen atoms in total. The quantitative estimate of drug-likeness (QED) is 0.787. The maximum Gasteiger partial charge on any atom is 0.376 e. The van der Waals surface area contributed by atoms with Crippen molar-refractivity contribution in [3.63, 3.8) is 0 Å². The summed E-state index contributed by atoms with van der Waals surface area (Å²) in [6.07, 6.45) is 0. The van der Waals surface area contributed by atoms with Crippen molar-refractivity contribution in [2.45, 2.75) is 13.0 Å². The van der Waals surface area contributed by atoms with Crippen molar-refractivity contribution in [2.75, 3.05) is 21.3 Å². The lowest BCUT2D eigenvalue weighted by Gasteiger charge is -2.20. The SMILES string of the molecule is COC(=O)C1=C(C(=O)OC)C(c2ccc(C)cc2)N(C)O1. The largest absolute Gasteiger partial charge is 0.465 e. The number of hydrogen-bond acceptors (Lipinski definition) is 6. The van der Waals surface area contributed by atoms with Crippen molar-refractivity contribution >= 4 is 11.9 Å². The average molecular weight is 291 g/mol. The maximum atomic E-state index is 12.0. The zero-order valence-corrected chi connectivity index (χ0v) is 12.4. The fraction of sp³-hybridized carbons (Fsp3) is 0.333. The van der Waals surface area contributed by atoms with E-state index in [1.165, 1.54) is 19.3 Å². The number of benzene rings is 1. The van der Waals surface area contributed by atoms with Gasteiger partial charge in [0.15, 0.2) is 0 Å². The van der Waals surface area contributed by atoms with E-state index in [2.05, 4.69) is 4.74 Å². The molecule has 1 aromatic carbocycles. The molecular weight excluding hydrogens is 274 g/mol. The first-order valence-corrected chi connectivity index (χ1v) is 6.37. The molecule has 0 radical (unpaired) electrons. The maximum absolute atomic E-state index is 12.0. The van der Waals surface area contributed by atoms with Crippen molar-refractivity contribution in [1.82, 2.24) is 5.06 Å². The van der Waals surface area contributed by atoms with Crippen LogP contribution >= 0.6 is 0 Å². The van der Waals surface area contributed by atoms with Crippen molar-refractivity contribution in [3.8, 4) is 0 Å². The van der Waals surface area contributed by atoms with Gasteiger partial charge in [-0.1, -0.05) is 29.8 Å². The molecule has 112 valence electrons. The van der Waals surface area contributed by atoms with Crippen LogP contribution in [0.1, 0.15) is 17.2 Å². The van der Waals surface area contributed by atoms with E-state index in [9.17, 15) is 9.59 Å². The summed E-state index contributed by atoms with van der Waals surface area (Å²) in [5.74, 6) is -1.47. The summed E-state index contributed by atoms with van der Waals surface area (Å²) in [5, 5.41) is 1.43. The van der Waals surface area contributed by atoms with Gasteiger partial charge in [-0.25, -0.2) is 9.59 Å². The van der Waals surface area contributed by atoms with Gasteiger partial charge in [0.05, 0.1) is 14.2 Å². The van der Waals surface area contributed by atoms with Crippen LogP contribution in [0, 0.1) is 6.92 Å². The zero-order valence-electron chi connectivity index (χ0n) is 12.4. The van der Waals surface area contributed by atoms with Crippen LogP contribution in [0.25, 0.3) is 0 Å². The number of hydroxylamine groups is 2. The lowest BCUT2D eigenvalue weighted by Crippen LogP contribution is -2.22. The fourth-order valence-corrected chi connectivity index (χ4v) is 2.23. The van der Waals surface area contributed by atoms with Crippen LogP contribution < -0.4 is 0 Å². The molecule has 1 heterocycles. The van der Waals surface area contributed by atoms with Gasteiger partial charge < -0.3 is 14.3 Å².